The van der Waals surface area contributed by atoms with Crippen LogP contribution >= 0.6 is 0 Å². The summed E-state index contributed by atoms with van der Waals surface area (Å²) < 4.78 is 22.6. The summed E-state index contributed by atoms with van der Waals surface area (Å²) in [7, 11) is -0.273. The molecule has 6 nitrogen and oxygen atoms in total. The van der Waals surface area contributed by atoms with Crippen LogP contribution < -0.4 is 4.72 Å². The number of carbonyl (C=O) groups is 1. The van der Waals surface area contributed by atoms with E-state index in [-0.39, 0.29) is 0 Å². The molecular weight excluding hydrogens is 398 g/mol. The Hall–Kier alpha value is -3.29. The quantitative estimate of drug-likeness (QED) is 0.466. The Morgan fingerprint density at radius 3 is 2.43 bits per heavy atom. The molecule has 152 valence electrons. The first-order valence-corrected chi connectivity index (χ1v) is 10.6. The van der Waals surface area contributed by atoms with Crippen LogP contribution in [0.3, 0.4) is 0 Å². The van der Waals surface area contributed by atoms with E-state index in [1.54, 1.807) is 12.3 Å². The minimum Gasteiger partial charge on any atom is -0.468 e. The summed E-state index contributed by atoms with van der Waals surface area (Å²) in [4.78, 5) is 17.4. The Labute approximate surface area is 177 Å². The highest BCUT2D eigenvalue weighted by Crippen LogP contribution is 2.20. The predicted molar refractivity (Wildman–Crippen MR) is 116 cm³/mol. The van der Waals surface area contributed by atoms with Crippen molar-refractivity contribution in [3.8, 4) is 11.3 Å². The molecule has 7 heteroatoms. The van der Waals surface area contributed by atoms with E-state index in [0.29, 0.717) is 11.3 Å². The van der Waals surface area contributed by atoms with Crippen LogP contribution in [0.4, 0.5) is 0 Å². The Morgan fingerprint density at radius 1 is 1.03 bits per heavy atom. The van der Waals surface area contributed by atoms with Gasteiger partial charge in [0.2, 0.25) is 0 Å². The fourth-order valence-corrected chi connectivity index (χ4v) is 4.17. The monoisotopic (exact) mass is 419 g/mol. The topological polar surface area (TPSA) is 72.7 Å². The number of fused-ring (bicyclic) bond motifs is 1. The van der Waals surface area contributed by atoms with Gasteiger partial charge in [0, 0.05) is 18.0 Å². The van der Waals surface area contributed by atoms with Crippen molar-refractivity contribution in [3.63, 3.8) is 0 Å². The molecule has 2 unspecified atom stereocenters. The Balaban J connectivity index is 1.56. The number of esters is 1. The average Bonchev–Trinajstić information content (AvgIpc) is 3.23. The molecule has 0 fully saturated rings. The van der Waals surface area contributed by atoms with Crippen molar-refractivity contribution in [3.05, 3.63) is 90.8 Å². The number of nitrogens with zero attached hydrogens (tertiary/aromatic N) is 2. The highest BCUT2D eigenvalue weighted by atomic mass is 32.2. The Bertz CT molecular complexity index is 1180. The molecule has 0 aliphatic heterocycles. The van der Waals surface area contributed by atoms with Crippen molar-refractivity contribution in [2.24, 2.45) is 0 Å². The van der Waals surface area contributed by atoms with Crippen LogP contribution in [-0.2, 0) is 26.9 Å². The zero-order valence-corrected chi connectivity index (χ0v) is 17.2. The van der Waals surface area contributed by atoms with Gasteiger partial charge in [0.25, 0.3) is 0 Å². The van der Waals surface area contributed by atoms with Crippen LogP contribution in [0.25, 0.3) is 16.9 Å². The van der Waals surface area contributed by atoms with Crippen molar-refractivity contribution in [1.29, 1.82) is 0 Å². The molecule has 30 heavy (non-hydrogen) atoms. The lowest BCUT2D eigenvalue weighted by atomic mass is 10.1. The van der Waals surface area contributed by atoms with Crippen molar-refractivity contribution in [2.45, 2.75) is 17.4 Å². The smallest absolute Gasteiger partial charge is 0.324 e. The van der Waals surface area contributed by atoms with Gasteiger partial charge in [0.15, 0.2) is 0 Å². The Kier molecular flexibility index (Phi) is 6.02. The third kappa shape index (κ3) is 4.48. The molecule has 0 bridgehead atoms. The lowest BCUT2D eigenvalue weighted by molar-refractivity contribution is -0.142. The number of hydrogen-bond acceptors (Lipinski definition) is 4. The largest absolute Gasteiger partial charge is 0.468 e. The van der Waals surface area contributed by atoms with Gasteiger partial charge in [-0.05, 0) is 24.1 Å². The number of carbonyl (C=O) groups excluding carboxylic acids is 1. The van der Waals surface area contributed by atoms with Gasteiger partial charge in [0.1, 0.15) is 22.7 Å². The summed E-state index contributed by atoms with van der Waals surface area (Å²) in [5, 5.41) is 0. The fourth-order valence-electron chi connectivity index (χ4n) is 3.19. The summed E-state index contributed by atoms with van der Waals surface area (Å²) in [6.45, 7) is 0. The highest BCUT2D eigenvalue weighted by Gasteiger charge is 2.22. The molecule has 0 amide bonds. The minimum atomic E-state index is -1.60. The summed E-state index contributed by atoms with van der Waals surface area (Å²) in [6.07, 6.45) is 4.03. The number of methoxy groups -OCH3 is 1. The summed E-state index contributed by atoms with van der Waals surface area (Å²) >= 11 is 0. The molecule has 0 saturated heterocycles. The van der Waals surface area contributed by atoms with Crippen molar-refractivity contribution < 1.29 is 13.7 Å². The second-order valence-corrected chi connectivity index (χ2v) is 8.02. The van der Waals surface area contributed by atoms with Crippen molar-refractivity contribution in [2.75, 3.05) is 7.11 Å². The first-order valence-electron chi connectivity index (χ1n) is 9.48. The van der Waals surface area contributed by atoms with E-state index in [1.807, 2.05) is 77.3 Å². The average molecular weight is 420 g/mol. The number of rotatable bonds is 7. The van der Waals surface area contributed by atoms with Crippen molar-refractivity contribution in [1.82, 2.24) is 14.1 Å². The highest BCUT2D eigenvalue weighted by molar-refractivity contribution is 7.83. The second kappa shape index (κ2) is 9.02. The van der Waals surface area contributed by atoms with Crippen LogP contribution in [0.1, 0.15) is 5.56 Å². The Morgan fingerprint density at radius 2 is 1.73 bits per heavy atom. The maximum atomic E-state index is 12.9. The molecule has 4 rings (SSSR count). The summed E-state index contributed by atoms with van der Waals surface area (Å²) in [6, 6.07) is 22.3. The zero-order valence-electron chi connectivity index (χ0n) is 16.4. The molecule has 4 aromatic rings. The van der Waals surface area contributed by atoms with Crippen LogP contribution in [0.5, 0.6) is 0 Å². The van der Waals surface area contributed by atoms with E-state index in [4.69, 9.17) is 4.74 Å². The van der Waals surface area contributed by atoms with Gasteiger partial charge in [-0.3, -0.25) is 4.79 Å². The van der Waals surface area contributed by atoms with E-state index in [2.05, 4.69) is 9.71 Å². The number of imidazole rings is 1. The van der Waals surface area contributed by atoms with Crippen LogP contribution in [0, 0.1) is 0 Å². The molecule has 2 aromatic carbocycles. The number of ether oxygens (including phenoxy) is 1. The van der Waals surface area contributed by atoms with Crippen molar-refractivity contribution >= 4 is 22.6 Å². The molecule has 2 heterocycles. The van der Waals surface area contributed by atoms with Gasteiger partial charge in [-0.2, -0.15) is 0 Å². The van der Waals surface area contributed by atoms with Crippen LogP contribution in [-0.4, -0.2) is 32.7 Å². The standard InChI is InChI=1S/C23H21N3O3S/c1-29-23(27)20(14-17-8-4-2-5-9-17)25-30(28)19-12-13-22-24-21(16-26(22)15-19)18-10-6-3-7-11-18/h2-13,15-16,20,25H,14H2,1H3. The molecule has 0 radical (unpaired) electrons. The lowest BCUT2D eigenvalue weighted by Gasteiger charge is -2.16. The van der Waals surface area contributed by atoms with Gasteiger partial charge < -0.3 is 9.14 Å². The summed E-state index contributed by atoms with van der Waals surface area (Å²) in [5.41, 5.74) is 3.55. The number of pyridine rings is 1. The first-order chi connectivity index (χ1) is 14.6. The van der Waals surface area contributed by atoms with Gasteiger partial charge >= 0.3 is 5.97 Å². The fraction of sp³-hybridized carbons (Fsp3) is 0.130. The lowest BCUT2D eigenvalue weighted by Crippen LogP contribution is -2.40. The van der Waals surface area contributed by atoms with Gasteiger partial charge in [-0.25, -0.2) is 13.9 Å². The molecule has 0 saturated carbocycles. The van der Waals surface area contributed by atoms with E-state index in [0.717, 1.165) is 22.5 Å². The van der Waals surface area contributed by atoms with Gasteiger partial charge in [0.05, 0.1) is 17.7 Å². The molecule has 1 N–H and O–H groups in total. The molecule has 0 aliphatic carbocycles. The maximum Gasteiger partial charge on any atom is 0.324 e. The number of aromatic nitrogens is 2. The normalized spacial score (nSPS) is 13.1. The number of hydrogen-bond donors (Lipinski definition) is 1. The second-order valence-electron chi connectivity index (χ2n) is 6.77. The summed E-state index contributed by atoms with van der Waals surface area (Å²) in [5.74, 6) is -0.456. The molecule has 2 aromatic heterocycles. The third-order valence-corrected chi connectivity index (χ3v) is 5.89. The van der Waals surface area contributed by atoms with E-state index < -0.39 is 23.0 Å². The van der Waals surface area contributed by atoms with E-state index in [9.17, 15) is 9.00 Å². The molecule has 0 spiro atoms. The van der Waals surface area contributed by atoms with Gasteiger partial charge in [-0.15, -0.1) is 0 Å². The molecule has 0 aliphatic rings. The number of nitrogens with one attached hydrogen (secondary N) is 1. The molecular formula is C23H21N3O3S. The minimum absolute atomic E-state index is 0.380. The SMILES string of the molecule is COC(=O)C(Cc1ccccc1)NS(=O)c1ccc2nc(-c3ccccc3)cn2c1. The number of benzene rings is 2. The third-order valence-electron chi connectivity index (χ3n) is 4.73. The zero-order chi connectivity index (χ0) is 20.9. The maximum absolute atomic E-state index is 12.9. The predicted octanol–water partition coefficient (Wildman–Crippen LogP) is 3.40. The van der Waals surface area contributed by atoms with E-state index in [1.165, 1.54) is 7.11 Å². The van der Waals surface area contributed by atoms with E-state index >= 15 is 0 Å². The van der Waals surface area contributed by atoms with Gasteiger partial charge in [-0.1, -0.05) is 60.7 Å². The van der Waals surface area contributed by atoms with Crippen LogP contribution in [0.2, 0.25) is 0 Å². The van der Waals surface area contributed by atoms with Crippen LogP contribution in [0.15, 0.2) is 90.1 Å². The first kappa shape index (κ1) is 20.0. The molecule has 2 atom stereocenters.